The first kappa shape index (κ1) is 19.5. The number of hydrogen-bond donors (Lipinski definition) is 2. The van der Waals surface area contributed by atoms with Crippen LogP contribution in [-0.2, 0) is 16.1 Å². The molecule has 1 amide bonds. The summed E-state index contributed by atoms with van der Waals surface area (Å²) < 4.78 is 11.7. The molecule has 0 spiro atoms. The van der Waals surface area contributed by atoms with Gasteiger partial charge in [-0.2, -0.15) is 0 Å². The minimum absolute atomic E-state index is 0.00832. The molecule has 25 heavy (non-hydrogen) atoms. The average Bonchev–Trinajstić information content (AvgIpc) is 2.91. The van der Waals surface area contributed by atoms with Gasteiger partial charge in [-0.05, 0) is 31.5 Å². The number of carbonyl (C=O) groups is 2. The van der Waals surface area contributed by atoms with E-state index >= 15 is 0 Å². The third-order valence-electron chi connectivity index (χ3n) is 3.73. The summed E-state index contributed by atoms with van der Waals surface area (Å²) in [5, 5.41) is 3.72. The van der Waals surface area contributed by atoms with Crippen molar-refractivity contribution >= 4 is 38.8 Å². The molecule has 0 radical (unpaired) electrons. The van der Waals surface area contributed by atoms with E-state index in [1.807, 2.05) is 32.2 Å². The Morgan fingerprint density at radius 3 is 2.76 bits per heavy atom. The number of carbonyl (C=O) groups excluding carboxylic acids is 2. The Balaban J connectivity index is 2.27. The Morgan fingerprint density at radius 1 is 1.32 bits per heavy atom. The molecule has 1 aromatic heterocycles. The lowest BCUT2D eigenvalue weighted by atomic mass is 10.1. The highest BCUT2D eigenvalue weighted by atomic mass is 79.9. The van der Waals surface area contributed by atoms with Crippen molar-refractivity contribution in [3.63, 3.8) is 0 Å². The first-order valence-corrected chi connectivity index (χ1v) is 9.21. The Bertz CT molecular complexity index is 757. The smallest absolute Gasteiger partial charge is 0.374 e. The highest BCUT2D eigenvalue weighted by Gasteiger charge is 2.25. The van der Waals surface area contributed by atoms with Gasteiger partial charge < -0.3 is 19.4 Å². The maximum Gasteiger partial charge on any atom is 0.374 e. The lowest BCUT2D eigenvalue weighted by Gasteiger charge is -2.14. The molecule has 1 heterocycles. The summed E-state index contributed by atoms with van der Waals surface area (Å²) in [5.41, 5.74) is 1.39. The third kappa shape index (κ3) is 5.06. The fourth-order valence-electron chi connectivity index (χ4n) is 2.62. The van der Waals surface area contributed by atoms with Gasteiger partial charge in [-0.15, -0.1) is 0 Å². The molecule has 1 aromatic carbocycles. The van der Waals surface area contributed by atoms with E-state index in [1.54, 1.807) is 6.92 Å². The first-order valence-electron chi connectivity index (χ1n) is 8.42. The fourth-order valence-corrected chi connectivity index (χ4v) is 2.98. The van der Waals surface area contributed by atoms with Gasteiger partial charge in [0.15, 0.2) is 6.54 Å². The lowest BCUT2D eigenvalue weighted by molar-refractivity contribution is -0.885. The molecule has 0 fully saturated rings. The van der Waals surface area contributed by atoms with E-state index in [0.717, 1.165) is 26.7 Å². The van der Waals surface area contributed by atoms with Gasteiger partial charge in [0.05, 0.1) is 19.2 Å². The van der Waals surface area contributed by atoms with Gasteiger partial charge in [-0.25, -0.2) is 4.79 Å². The van der Waals surface area contributed by atoms with Crippen molar-refractivity contribution in [1.29, 1.82) is 0 Å². The molecule has 136 valence electrons. The Hall–Kier alpha value is -1.86. The number of fused-ring (bicyclic) bond motifs is 1. The molecule has 7 heteroatoms. The summed E-state index contributed by atoms with van der Waals surface area (Å²) in [5.74, 6) is -0.276. The van der Waals surface area contributed by atoms with Crippen LogP contribution in [0.15, 0.2) is 27.1 Å². The number of likely N-dealkylation sites (N-methyl/N-ethyl adjacent to an activating group) is 1. The Kier molecular flexibility index (Phi) is 7.01. The van der Waals surface area contributed by atoms with Crippen LogP contribution in [0, 0.1) is 0 Å². The molecule has 0 aliphatic carbocycles. The molecule has 2 rings (SSSR count). The summed E-state index contributed by atoms with van der Waals surface area (Å²) in [6.07, 6.45) is 0.901. The number of hydrogen-bond acceptors (Lipinski definition) is 4. The normalized spacial score (nSPS) is 12.2. The van der Waals surface area contributed by atoms with Gasteiger partial charge in [0.25, 0.3) is 5.91 Å². The van der Waals surface area contributed by atoms with Gasteiger partial charge in [0.2, 0.25) is 5.76 Å². The standard InChI is InChI=1S/C18H23BrN2O4/c1-4-8-20-16(22)11-21(3)10-14-13-9-12(19)6-7-15(13)25-17(14)18(23)24-5-2/h6-7,9H,4-5,8,10-11H2,1-3H3,(H,20,22)/p+1. The quantitative estimate of drug-likeness (QED) is 0.650. The number of furan rings is 1. The molecule has 0 bridgehead atoms. The molecule has 0 aliphatic heterocycles. The Labute approximate surface area is 155 Å². The molecule has 6 nitrogen and oxygen atoms in total. The SMILES string of the molecule is CCCNC(=O)C[NH+](C)Cc1c(C(=O)OCC)oc2ccc(Br)cc12. The van der Waals surface area contributed by atoms with E-state index in [0.29, 0.717) is 25.2 Å². The minimum atomic E-state index is -0.479. The van der Waals surface area contributed by atoms with Crippen LogP contribution < -0.4 is 10.2 Å². The highest BCUT2D eigenvalue weighted by Crippen LogP contribution is 2.28. The van der Waals surface area contributed by atoms with Crippen molar-refractivity contribution in [1.82, 2.24) is 5.32 Å². The van der Waals surface area contributed by atoms with Crippen LogP contribution in [0.2, 0.25) is 0 Å². The van der Waals surface area contributed by atoms with Crippen LogP contribution in [0.4, 0.5) is 0 Å². The number of amides is 1. The van der Waals surface area contributed by atoms with Crippen LogP contribution in [0.3, 0.4) is 0 Å². The molecular weight excluding hydrogens is 388 g/mol. The fraction of sp³-hybridized carbons (Fsp3) is 0.444. The third-order valence-corrected chi connectivity index (χ3v) is 4.22. The largest absolute Gasteiger partial charge is 0.460 e. The van der Waals surface area contributed by atoms with E-state index < -0.39 is 5.97 Å². The van der Waals surface area contributed by atoms with Crippen molar-refractivity contribution in [2.75, 3.05) is 26.7 Å². The van der Waals surface area contributed by atoms with Crippen molar-refractivity contribution in [3.8, 4) is 0 Å². The van der Waals surface area contributed by atoms with Crippen molar-refractivity contribution in [2.45, 2.75) is 26.8 Å². The van der Waals surface area contributed by atoms with E-state index in [4.69, 9.17) is 9.15 Å². The molecule has 1 unspecified atom stereocenters. The summed E-state index contributed by atoms with van der Waals surface area (Å²) in [7, 11) is 1.91. The monoisotopic (exact) mass is 411 g/mol. The van der Waals surface area contributed by atoms with Crippen LogP contribution in [-0.4, -0.2) is 38.6 Å². The highest BCUT2D eigenvalue weighted by molar-refractivity contribution is 9.10. The van der Waals surface area contributed by atoms with Crippen LogP contribution in [0.5, 0.6) is 0 Å². The maximum absolute atomic E-state index is 12.2. The summed E-state index contributed by atoms with van der Waals surface area (Å²) in [6.45, 7) is 5.52. The molecule has 0 saturated carbocycles. The van der Waals surface area contributed by atoms with Crippen molar-refractivity contribution in [3.05, 3.63) is 34.0 Å². The van der Waals surface area contributed by atoms with Crippen molar-refractivity contribution in [2.24, 2.45) is 0 Å². The summed E-state index contributed by atoms with van der Waals surface area (Å²) in [6, 6.07) is 5.59. The van der Waals surface area contributed by atoms with Gasteiger partial charge in [0.1, 0.15) is 12.1 Å². The number of nitrogens with one attached hydrogen (secondary N) is 2. The van der Waals surface area contributed by atoms with Crippen molar-refractivity contribution < 1.29 is 23.6 Å². The second-order valence-electron chi connectivity index (χ2n) is 5.93. The Morgan fingerprint density at radius 2 is 2.08 bits per heavy atom. The predicted molar refractivity (Wildman–Crippen MR) is 98.6 cm³/mol. The molecule has 2 N–H and O–H groups in total. The number of halogens is 1. The van der Waals surface area contributed by atoms with E-state index in [9.17, 15) is 9.59 Å². The molecule has 2 aromatic rings. The zero-order chi connectivity index (χ0) is 18.4. The molecule has 1 atom stereocenters. The van der Waals surface area contributed by atoms with Gasteiger partial charge in [-0.1, -0.05) is 22.9 Å². The van der Waals surface area contributed by atoms with Crippen LogP contribution in [0.1, 0.15) is 36.4 Å². The second-order valence-corrected chi connectivity index (χ2v) is 6.85. The topological polar surface area (TPSA) is 73.0 Å². The predicted octanol–water partition coefficient (Wildman–Crippen LogP) is 1.91. The zero-order valence-electron chi connectivity index (χ0n) is 14.8. The van der Waals surface area contributed by atoms with E-state index in [2.05, 4.69) is 21.2 Å². The molecular formula is C18H24BrN2O4+. The summed E-state index contributed by atoms with van der Waals surface area (Å²) in [4.78, 5) is 25.1. The van der Waals surface area contributed by atoms with Gasteiger partial charge >= 0.3 is 5.97 Å². The maximum atomic E-state index is 12.2. The van der Waals surface area contributed by atoms with Gasteiger partial charge in [-0.3, -0.25) is 4.79 Å². The van der Waals surface area contributed by atoms with Crippen LogP contribution >= 0.6 is 15.9 Å². The molecule has 0 aliphatic rings. The van der Waals surface area contributed by atoms with E-state index in [1.165, 1.54) is 0 Å². The number of quaternary nitrogens is 1. The number of rotatable bonds is 8. The molecule has 0 saturated heterocycles. The number of benzene rings is 1. The lowest BCUT2D eigenvalue weighted by Crippen LogP contribution is -3.09. The van der Waals surface area contributed by atoms with Crippen LogP contribution in [0.25, 0.3) is 11.0 Å². The minimum Gasteiger partial charge on any atom is -0.460 e. The summed E-state index contributed by atoms with van der Waals surface area (Å²) >= 11 is 3.45. The number of esters is 1. The van der Waals surface area contributed by atoms with Gasteiger partial charge in [0, 0.05) is 16.4 Å². The number of ether oxygens (including phenoxy) is 1. The zero-order valence-corrected chi connectivity index (χ0v) is 16.4. The second kappa shape index (κ2) is 9.01. The average molecular weight is 412 g/mol. The first-order chi connectivity index (χ1) is 12.0. The van der Waals surface area contributed by atoms with E-state index in [-0.39, 0.29) is 18.3 Å².